The predicted molar refractivity (Wildman–Crippen MR) is 95.8 cm³/mol. The number of nitrogens with one attached hydrogen (secondary N) is 1. The summed E-state index contributed by atoms with van der Waals surface area (Å²) in [5, 5.41) is 2.95. The van der Waals surface area contributed by atoms with Crippen molar-refractivity contribution in [2.75, 3.05) is 5.32 Å². The average molecular weight is 348 g/mol. The number of rotatable bonds is 5. The zero-order valence-electron chi connectivity index (χ0n) is 13.1. The standard InChI is InChI=1S/C16H25N3O.2ClH/c1-2-3-6-13-7-4-5-10-16(13,17)15(20)19-14-8-11-18-12-9-14;;/h8-9,11-13H,2-7,10,17H2,1H3,(H,18,19,20);2*1H/t13-,16+;;/m1../s1. The lowest BCUT2D eigenvalue weighted by atomic mass is 9.70. The number of pyridine rings is 1. The second kappa shape index (κ2) is 10.0. The first-order valence-corrected chi connectivity index (χ1v) is 7.67. The summed E-state index contributed by atoms with van der Waals surface area (Å²) in [5.74, 6) is 0.266. The Morgan fingerprint density at radius 2 is 2.05 bits per heavy atom. The van der Waals surface area contributed by atoms with E-state index in [1.165, 1.54) is 6.42 Å². The lowest BCUT2D eigenvalue weighted by molar-refractivity contribution is -0.124. The lowest BCUT2D eigenvalue weighted by Gasteiger charge is -2.40. The molecule has 1 fully saturated rings. The van der Waals surface area contributed by atoms with Crippen molar-refractivity contribution >= 4 is 36.4 Å². The van der Waals surface area contributed by atoms with Crippen LogP contribution in [0.1, 0.15) is 51.9 Å². The number of hydrogen-bond donors (Lipinski definition) is 2. The molecule has 1 aliphatic rings. The highest BCUT2D eigenvalue weighted by Gasteiger charge is 2.43. The van der Waals surface area contributed by atoms with Crippen molar-refractivity contribution < 1.29 is 4.79 Å². The number of amides is 1. The molecule has 3 N–H and O–H groups in total. The van der Waals surface area contributed by atoms with E-state index in [2.05, 4.69) is 17.2 Å². The molecule has 0 aromatic carbocycles. The van der Waals surface area contributed by atoms with Crippen LogP contribution in [0.5, 0.6) is 0 Å². The van der Waals surface area contributed by atoms with E-state index in [0.717, 1.165) is 44.2 Å². The van der Waals surface area contributed by atoms with Gasteiger partial charge < -0.3 is 11.1 Å². The number of halogens is 2. The van der Waals surface area contributed by atoms with Crippen molar-refractivity contribution in [2.45, 2.75) is 57.4 Å². The van der Waals surface area contributed by atoms with E-state index in [1.807, 2.05) is 0 Å². The molecule has 0 spiro atoms. The molecule has 1 heterocycles. The fourth-order valence-corrected chi connectivity index (χ4v) is 3.10. The molecule has 0 radical (unpaired) electrons. The van der Waals surface area contributed by atoms with Crippen LogP contribution in [0.15, 0.2) is 24.5 Å². The van der Waals surface area contributed by atoms with Gasteiger partial charge in [0.25, 0.3) is 0 Å². The van der Waals surface area contributed by atoms with Crippen LogP contribution in [0.25, 0.3) is 0 Å². The number of aromatic nitrogens is 1. The summed E-state index contributed by atoms with van der Waals surface area (Å²) in [6, 6.07) is 3.59. The summed E-state index contributed by atoms with van der Waals surface area (Å²) in [5.41, 5.74) is 6.57. The molecule has 2 rings (SSSR count). The normalized spacial score (nSPS) is 23.8. The van der Waals surface area contributed by atoms with E-state index in [0.29, 0.717) is 5.92 Å². The third-order valence-electron chi connectivity index (χ3n) is 4.39. The quantitative estimate of drug-likeness (QED) is 0.847. The molecule has 2 atom stereocenters. The van der Waals surface area contributed by atoms with Crippen LogP contribution in [0, 0.1) is 5.92 Å². The Hall–Kier alpha value is -0.840. The first-order chi connectivity index (χ1) is 9.66. The molecule has 1 aliphatic carbocycles. The monoisotopic (exact) mass is 347 g/mol. The van der Waals surface area contributed by atoms with Crippen molar-refractivity contribution in [3.8, 4) is 0 Å². The summed E-state index contributed by atoms with van der Waals surface area (Å²) in [7, 11) is 0. The molecule has 1 aromatic heterocycles. The summed E-state index contributed by atoms with van der Waals surface area (Å²) in [6.45, 7) is 2.18. The van der Waals surface area contributed by atoms with Gasteiger partial charge in [-0.25, -0.2) is 0 Å². The van der Waals surface area contributed by atoms with Gasteiger partial charge in [-0.15, -0.1) is 24.8 Å². The number of unbranched alkanes of at least 4 members (excludes halogenated alkanes) is 1. The second-order valence-corrected chi connectivity index (χ2v) is 5.82. The first-order valence-electron chi connectivity index (χ1n) is 7.67. The average Bonchev–Trinajstić information content (AvgIpc) is 2.47. The molecule has 4 nitrogen and oxygen atoms in total. The summed E-state index contributed by atoms with van der Waals surface area (Å²) < 4.78 is 0. The highest BCUT2D eigenvalue weighted by atomic mass is 35.5. The second-order valence-electron chi connectivity index (χ2n) is 5.82. The van der Waals surface area contributed by atoms with Crippen LogP contribution in [0.2, 0.25) is 0 Å². The molecule has 1 amide bonds. The van der Waals surface area contributed by atoms with Gasteiger partial charge in [0, 0.05) is 18.1 Å². The third kappa shape index (κ3) is 5.11. The number of nitrogens with two attached hydrogens (primary N) is 1. The van der Waals surface area contributed by atoms with Crippen molar-refractivity contribution in [1.82, 2.24) is 4.98 Å². The number of hydrogen-bond acceptors (Lipinski definition) is 3. The van der Waals surface area contributed by atoms with Crippen LogP contribution in [0.4, 0.5) is 5.69 Å². The summed E-state index contributed by atoms with van der Waals surface area (Å²) >= 11 is 0. The van der Waals surface area contributed by atoms with Gasteiger partial charge in [-0.05, 0) is 37.3 Å². The maximum absolute atomic E-state index is 12.6. The van der Waals surface area contributed by atoms with Crippen molar-refractivity contribution in [3.05, 3.63) is 24.5 Å². The molecule has 0 aliphatic heterocycles. The van der Waals surface area contributed by atoms with E-state index in [1.54, 1.807) is 24.5 Å². The Morgan fingerprint density at radius 3 is 2.68 bits per heavy atom. The van der Waals surface area contributed by atoms with Gasteiger partial charge in [-0.1, -0.05) is 32.6 Å². The van der Waals surface area contributed by atoms with Gasteiger partial charge in [0.2, 0.25) is 5.91 Å². The van der Waals surface area contributed by atoms with E-state index >= 15 is 0 Å². The zero-order valence-corrected chi connectivity index (χ0v) is 14.7. The molecular formula is C16H27Cl2N3O. The number of anilines is 1. The summed E-state index contributed by atoms with van der Waals surface area (Å²) in [4.78, 5) is 16.6. The lowest BCUT2D eigenvalue weighted by Crippen LogP contribution is -2.58. The van der Waals surface area contributed by atoms with Crippen LogP contribution in [0.3, 0.4) is 0 Å². The number of nitrogens with zero attached hydrogens (tertiary/aromatic N) is 1. The van der Waals surface area contributed by atoms with Crippen LogP contribution in [-0.2, 0) is 4.79 Å². The molecule has 1 saturated carbocycles. The number of carbonyl (C=O) groups is 1. The fraction of sp³-hybridized carbons (Fsp3) is 0.625. The SMILES string of the molecule is CCCC[C@@H]1CCCC[C@@]1(N)C(=O)Nc1ccncc1.Cl.Cl. The van der Waals surface area contributed by atoms with Gasteiger partial charge in [-0.3, -0.25) is 9.78 Å². The van der Waals surface area contributed by atoms with Crippen LogP contribution in [-0.4, -0.2) is 16.4 Å². The molecule has 0 saturated heterocycles. The van der Waals surface area contributed by atoms with Gasteiger partial charge in [0.05, 0.1) is 5.54 Å². The minimum Gasteiger partial charge on any atom is -0.324 e. The first kappa shape index (κ1) is 21.2. The third-order valence-corrected chi connectivity index (χ3v) is 4.39. The predicted octanol–water partition coefficient (Wildman–Crippen LogP) is 3.94. The van der Waals surface area contributed by atoms with E-state index < -0.39 is 5.54 Å². The molecule has 0 bridgehead atoms. The van der Waals surface area contributed by atoms with Gasteiger partial charge in [0.1, 0.15) is 0 Å². The molecule has 6 heteroatoms. The zero-order chi connectivity index (χ0) is 14.4. The molecule has 0 unspecified atom stereocenters. The van der Waals surface area contributed by atoms with Crippen LogP contribution < -0.4 is 11.1 Å². The van der Waals surface area contributed by atoms with Crippen LogP contribution >= 0.6 is 24.8 Å². The Kier molecular flexibility index (Phi) is 9.65. The van der Waals surface area contributed by atoms with Crippen molar-refractivity contribution in [1.29, 1.82) is 0 Å². The van der Waals surface area contributed by atoms with Gasteiger partial charge in [0.15, 0.2) is 0 Å². The minimum absolute atomic E-state index is 0. The van der Waals surface area contributed by atoms with Gasteiger partial charge in [-0.2, -0.15) is 0 Å². The fourth-order valence-electron chi connectivity index (χ4n) is 3.10. The van der Waals surface area contributed by atoms with E-state index in [4.69, 9.17) is 5.73 Å². The van der Waals surface area contributed by atoms with E-state index in [9.17, 15) is 4.79 Å². The maximum Gasteiger partial charge on any atom is 0.244 e. The smallest absolute Gasteiger partial charge is 0.244 e. The van der Waals surface area contributed by atoms with Gasteiger partial charge >= 0.3 is 0 Å². The summed E-state index contributed by atoms with van der Waals surface area (Å²) in [6.07, 6.45) is 10.8. The molecule has 1 aromatic rings. The Labute approximate surface area is 145 Å². The minimum atomic E-state index is -0.712. The Bertz CT molecular complexity index is 444. The molecular weight excluding hydrogens is 321 g/mol. The topological polar surface area (TPSA) is 68.0 Å². The molecule has 126 valence electrons. The number of carbonyl (C=O) groups excluding carboxylic acids is 1. The Balaban J connectivity index is 0.00000220. The highest BCUT2D eigenvalue weighted by molar-refractivity contribution is 5.98. The highest BCUT2D eigenvalue weighted by Crippen LogP contribution is 2.36. The van der Waals surface area contributed by atoms with Crippen molar-refractivity contribution in [2.24, 2.45) is 11.7 Å². The van der Waals surface area contributed by atoms with E-state index in [-0.39, 0.29) is 30.7 Å². The largest absolute Gasteiger partial charge is 0.324 e. The van der Waals surface area contributed by atoms with Crippen molar-refractivity contribution in [3.63, 3.8) is 0 Å². The maximum atomic E-state index is 12.6. The Morgan fingerprint density at radius 1 is 1.36 bits per heavy atom. The molecule has 22 heavy (non-hydrogen) atoms.